The topological polar surface area (TPSA) is 67.3 Å². The highest BCUT2D eigenvalue weighted by Gasteiger charge is 2.05. The number of hydrogen-bond donors (Lipinski definition) is 2. The molecule has 14 heavy (non-hydrogen) atoms. The Labute approximate surface area is 87.1 Å². The van der Waals surface area contributed by atoms with E-state index in [0.717, 1.165) is 0 Å². The normalized spacial score (nSPS) is 9.93. The summed E-state index contributed by atoms with van der Waals surface area (Å²) in [5.41, 5.74) is 0. The van der Waals surface area contributed by atoms with Gasteiger partial charge in [0.2, 0.25) is 11.8 Å². The summed E-state index contributed by atoms with van der Waals surface area (Å²) in [6.07, 6.45) is 2.02. The summed E-state index contributed by atoms with van der Waals surface area (Å²) in [5, 5.41) is 11.7. The average molecular weight is 218 g/mol. The molecule has 0 aromatic carbocycles. The zero-order chi connectivity index (χ0) is 10.4. The van der Waals surface area contributed by atoms with Crippen molar-refractivity contribution in [2.24, 2.45) is 0 Å². The van der Waals surface area contributed by atoms with Gasteiger partial charge in [-0.15, -0.1) is 0 Å². The van der Waals surface area contributed by atoms with E-state index < -0.39 is 0 Å². The first-order chi connectivity index (χ1) is 6.77. The molecule has 0 atom stereocenters. The minimum Gasteiger partial charge on any atom is -0.476 e. The van der Waals surface area contributed by atoms with Crippen molar-refractivity contribution in [1.82, 2.24) is 9.97 Å². The van der Waals surface area contributed by atoms with Gasteiger partial charge in [-0.1, -0.05) is 11.6 Å². The predicted molar refractivity (Wildman–Crippen MR) is 53.8 cm³/mol. The first-order valence-corrected chi connectivity index (χ1v) is 4.59. The van der Waals surface area contributed by atoms with Gasteiger partial charge in [0.1, 0.15) is 5.02 Å². The molecular formula is C8H12ClN3O2. The van der Waals surface area contributed by atoms with Crippen LogP contribution >= 0.6 is 11.6 Å². The van der Waals surface area contributed by atoms with Crippen molar-refractivity contribution in [2.45, 2.75) is 6.42 Å². The van der Waals surface area contributed by atoms with Crippen LogP contribution in [0.25, 0.3) is 0 Å². The lowest BCUT2D eigenvalue weighted by Gasteiger charge is -2.06. The maximum atomic E-state index is 8.56. The molecule has 1 heterocycles. The van der Waals surface area contributed by atoms with Crippen molar-refractivity contribution in [3.8, 4) is 5.88 Å². The molecule has 1 aromatic heterocycles. The van der Waals surface area contributed by atoms with E-state index in [1.54, 1.807) is 7.05 Å². The van der Waals surface area contributed by atoms with Crippen LogP contribution in [0, 0.1) is 0 Å². The number of halogens is 1. The number of rotatable bonds is 5. The van der Waals surface area contributed by atoms with Crippen LogP contribution in [0.4, 0.5) is 5.95 Å². The van der Waals surface area contributed by atoms with Crippen molar-refractivity contribution < 1.29 is 9.84 Å². The number of nitrogens with one attached hydrogen (secondary N) is 1. The highest BCUT2D eigenvalue weighted by Crippen LogP contribution is 2.21. The smallest absolute Gasteiger partial charge is 0.237 e. The Balaban J connectivity index is 2.64. The third-order valence-electron chi connectivity index (χ3n) is 1.48. The van der Waals surface area contributed by atoms with E-state index in [0.29, 0.717) is 29.9 Å². The van der Waals surface area contributed by atoms with Crippen LogP contribution in [0.5, 0.6) is 5.88 Å². The van der Waals surface area contributed by atoms with E-state index in [-0.39, 0.29) is 6.61 Å². The van der Waals surface area contributed by atoms with Gasteiger partial charge in [-0.3, -0.25) is 0 Å². The van der Waals surface area contributed by atoms with E-state index in [4.69, 9.17) is 21.4 Å². The molecule has 0 fully saturated rings. The summed E-state index contributed by atoms with van der Waals surface area (Å²) < 4.78 is 5.24. The van der Waals surface area contributed by atoms with E-state index in [9.17, 15) is 0 Å². The number of hydrogen-bond acceptors (Lipinski definition) is 5. The quantitative estimate of drug-likeness (QED) is 0.719. The van der Waals surface area contributed by atoms with Crippen LogP contribution in [0.1, 0.15) is 6.42 Å². The van der Waals surface area contributed by atoms with Crippen LogP contribution in [0.3, 0.4) is 0 Å². The first-order valence-electron chi connectivity index (χ1n) is 4.22. The highest BCUT2D eigenvalue weighted by molar-refractivity contribution is 6.31. The predicted octanol–water partition coefficient (Wildman–Crippen LogP) is 0.933. The summed E-state index contributed by atoms with van der Waals surface area (Å²) in [4.78, 5) is 7.91. The monoisotopic (exact) mass is 217 g/mol. The molecule has 5 nitrogen and oxygen atoms in total. The second kappa shape index (κ2) is 5.62. The summed E-state index contributed by atoms with van der Waals surface area (Å²) >= 11 is 5.79. The SMILES string of the molecule is CNc1ncc(Cl)c(OCCCO)n1. The van der Waals surface area contributed by atoms with Crippen LogP contribution < -0.4 is 10.1 Å². The van der Waals surface area contributed by atoms with E-state index in [1.165, 1.54) is 6.20 Å². The van der Waals surface area contributed by atoms with Crippen molar-refractivity contribution >= 4 is 17.5 Å². The Hall–Kier alpha value is -1.07. The zero-order valence-corrected chi connectivity index (χ0v) is 8.58. The Morgan fingerprint density at radius 3 is 3.07 bits per heavy atom. The van der Waals surface area contributed by atoms with Crippen LogP contribution in [-0.4, -0.2) is 35.3 Å². The number of nitrogens with zero attached hydrogens (tertiary/aromatic N) is 2. The van der Waals surface area contributed by atoms with Crippen molar-refractivity contribution in [3.63, 3.8) is 0 Å². The number of aromatic nitrogens is 2. The summed E-state index contributed by atoms with van der Waals surface area (Å²) in [5.74, 6) is 0.785. The van der Waals surface area contributed by atoms with Gasteiger partial charge < -0.3 is 15.2 Å². The second-order valence-corrected chi connectivity index (χ2v) is 2.93. The number of aliphatic hydroxyl groups excluding tert-OH is 1. The van der Waals surface area contributed by atoms with Gasteiger partial charge in [0.15, 0.2) is 0 Å². The standard InChI is InChI=1S/C8H12ClN3O2/c1-10-8-11-5-6(9)7(12-8)14-4-2-3-13/h5,13H,2-4H2,1H3,(H,10,11,12). The van der Waals surface area contributed by atoms with E-state index in [1.807, 2.05) is 0 Å². The Morgan fingerprint density at radius 1 is 1.64 bits per heavy atom. The summed E-state index contributed by atoms with van der Waals surface area (Å²) in [7, 11) is 1.71. The molecule has 6 heteroatoms. The molecule has 0 bridgehead atoms. The van der Waals surface area contributed by atoms with Gasteiger partial charge in [-0.25, -0.2) is 4.98 Å². The number of anilines is 1. The van der Waals surface area contributed by atoms with Crippen LogP contribution in [0.2, 0.25) is 5.02 Å². The molecule has 0 aliphatic carbocycles. The van der Waals surface area contributed by atoms with Gasteiger partial charge in [0.25, 0.3) is 0 Å². The Morgan fingerprint density at radius 2 is 2.43 bits per heavy atom. The maximum absolute atomic E-state index is 8.56. The van der Waals surface area contributed by atoms with Gasteiger partial charge in [0, 0.05) is 20.1 Å². The van der Waals surface area contributed by atoms with Gasteiger partial charge >= 0.3 is 0 Å². The summed E-state index contributed by atoms with van der Waals surface area (Å²) in [6.45, 7) is 0.470. The molecule has 0 aliphatic rings. The molecular weight excluding hydrogens is 206 g/mol. The largest absolute Gasteiger partial charge is 0.476 e. The van der Waals surface area contributed by atoms with Crippen molar-refractivity contribution in [2.75, 3.05) is 25.6 Å². The fourth-order valence-corrected chi connectivity index (χ4v) is 0.952. The lowest BCUT2D eigenvalue weighted by atomic mass is 10.5. The van der Waals surface area contributed by atoms with Crippen molar-refractivity contribution in [3.05, 3.63) is 11.2 Å². The molecule has 0 aliphatic heterocycles. The summed E-state index contributed by atoms with van der Waals surface area (Å²) in [6, 6.07) is 0. The lowest BCUT2D eigenvalue weighted by molar-refractivity contribution is 0.229. The van der Waals surface area contributed by atoms with Gasteiger partial charge in [-0.2, -0.15) is 4.98 Å². The number of aliphatic hydroxyl groups is 1. The molecule has 0 radical (unpaired) electrons. The molecule has 0 unspecified atom stereocenters. The second-order valence-electron chi connectivity index (χ2n) is 2.52. The highest BCUT2D eigenvalue weighted by atomic mass is 35.5. The molecule has 0 spiro atoms. The molecule has 1 aromatic rings. The molecule has 0 amide bonds. The molecule has 2 N–H and O–H groups in total. The van der Waals surface area contributed by atoms with Crippen LogP contribution in [-0.2, 0) is 0 Å². The minimum absolute atomic E-state index is 0.0849. The Kier molecular flexibility index (Phi) is 4.42. The Bertz CT molecular complexity index is 296. The van der Waals surface area contributed by atoms with Crippen LogP contribution in [0.15, 0.2) is 6.20 Å². The lowest BCUT2D eigenvalue weighted by Crippen LogP contribution is -2.04. The first kappa shape index (κ1) is 11.0. The maximum Gasteiger partial charge on any atom is 0.237 e. The fraction of sp³-hybridized carbons (Fsp3) is 0.500. The molecule has 0 saturated carbocycles. The number of ether oxygens (including phenoxy) is 1. The zero-order valence-electron chi connectivity index (χ0n) is 7.83. The van der Waals surface area contributed by atoms with Gasteiger partial charge in [0.05, 0.1) is 12.8 Å². The molecule has 0 saturated heterocycles. The fourth-order valence-electron chi connectivity index (χ4n) is 0.807. The van der Waals surface area contributed by atoms with Crippen molar-refractivity contribution in [1.29, 1.82) is 0 Å². The average Bonchev–Trinajstić information content (AvgIpc) is 2.21. The van der Waals surface area contributed by atoms with Gasteiger partial charge in [-0.05, 0) is 0 Å². The van der Waals surface area contributed by atoms with E-state index in [2.05, 4.69) is 15.3 Å². The minimum atomic E-state index is 0.0849. The molecule has 1 rings (SSSR count). The third-order valence-corrected chi connectivity index (χ3v) is 1.74. The third kappa shape index (κ3) is 3.01. The van der Waals surface area contributed by atoms with E-state index >= 15 is 0 Å². The molecule has 78 valence electrons.